The van der Waals surface area contributed by atoms with Crippen LogP contribution in [0.5, 0.6) is 0 Å². The number of carbonyl (C=O) groups is 4. The standard InChI is InChI=1S/C23H18F2N4O5S/c1-34-21(32)16-11-35-22(26-16)28-19(30)17(7-12-5-3-2-4-6-12)29-20(31)18(27-23(29)33)13-8-14(24)10-15(25)9-13/h2-6,8-11,17-18H,7H2,1H3,(H,27,33)(H,26,28,30)/t17-,18?/m0/s1. The molecule has 1 aliphatic heterocycles. The zero-order valence-corrected chi connectivity index (χ0v) is 19.0. The molecular formula is C23H18F2N4O5S. The normalized spacial score (nSPS) is 16.1. The minimum absolute atomic E-state index is 0.0180. The highest BCUT2D eigenvalue weighted by Crippen LogP contribution is 2.27. The summed E-state index contributed by atoms with van der Waals surface area (Å²) in [6.45, 7) is 0. The van der Waals surface area contributed by atoms with Gasteiger partial charge in [-0.2, -0.15) is 0 Å². The minimum atomic E-state index is -1.37. The van der Waals surface area contributed by atoms with E-state index in [9.17, 15) is 28.0 Å². The van der Waals surface area contributed by atoms with E-state index >= 15 is 0 Å². The lowest BCUT2D eigenvalue weighted by molar-refractivity contribution is -0.134. The number of imide groups is 1. The van der Waals surface area contributed by atoms with Gasteiger partial charge >= 0.3 is 12.0 Å². The first kappa shape index (κ1) is 24.0. The predicted octanol–water partition coefficient (Wildman–Crippen LogP) is 3.05. The van der Waals surface area contributed by atoms with Gasteiger partial charge in [-0.15, -0.1) is 11.3 Å². The number of carbonyl (C=O) groups excluding carboxylic acids is 4. The van der Waals surface area contributed by atoms with E-state index in [0.717, 1.165) is 28.4 Å². The molecule has 1 aromatic heterocycles. The maximum Gasteiger partial charge on any atom is 0.357 e. The SMILES string of the molecule is COC(=O)c1csc(NC(=O)[C@H](Cc2ccccc2)N2C(=O)NC(c3cc(F)cc(F)c3)C2=O)n1. The number of rotatable bonds is 7. The van der Waals surface area contributed by atoms with Crippen molar-refractivity contribution in [2.24, 2.45) is 0 Å². The van der Waals surface area contributed by atoms with Crippen LogP contribution < -0.4 is 10.6 Å². The summed E-state index contributed by atoms with van der Waals surface area (Å²) in [6.07, 6.45) is -0.0364. The summed E-state index contributed by atoms with van der Waals surface area (Å²) < 4.78 is 32.0. The van der Waals surface area contributed by atoms with Gasteiger partial charge in [-0.1, -0.05) is 30.3 Å². The molecule has 2 heterocycles. The van der Waals surface area contributed by atoms with Crippen molar-refractivity contribution in [3.8, 4) is 0 Å². The van der Waals surface area contributed by atoms with Crippen LogP contribution in [-0.2, 0) is 20.7 Å². The first-order chi connectivity index (χ1) is 16.8. The molecule has 12 heteroatoms. The molecule has 1 fully saturated rings. The van der Waals surface area contributed by atoms with Crippen LogP contribution in [0.3, 0.4) is 0 Å². The van der Waals surface area contributed by atoms with Gasteiger partial charge in [-0.3, -0.25) is 9.59 Å². The number of halogens is 2. The molecular weight excluding hydrogens is 482 g/mol. The molecule has 0 aliphatic carbocycles. The fraction of sp³-hybridized carbons (Fsp3) is 0.174. The number of hydrogen-bond donors (Lipinski definition) is 2. The number of aromatic nitrogens is 1. The molecule has 1 saturated heterocycles. The van der Waals surface area contributed by atoms with Crippen LogP contribution in [0.4, 0.5) is 18.7 Å². The van der Waals surface area contributed by atoms with Gasteiger partial charge in [0.2, 0.25) is 5.91 Å². The van der Waals surface area contributed by atoms with Crippen LogP contribution in [0, 0.1) is 11.6 Å². The molecule has 2 atom stereocenters. The van der Waals surface area contributed by atoms with E-state index in [1.54, 1.807) is 30.3 Å². The van der Waals surface area contributed by atoms with Gasteiger partial charge in [0.05, 0.1) is 7.11 Å². The van der Waals surface area contributed by atoms with Crippen molar-refractivity contribution in [2.45, 2.75) is 18.5 Å². The number of benzene rings is 2. The Labute approximate surface area is 201 Å². The van der Waals surface area contributed by atoms with E-state index in [1.807, 2.05) is 0 Å². The molecule has 0 radical (unpaired) electrons. The van der Waals surface area contributed by atoms with Gasteiger partial charge in [0.1, 0.15) is 23.7 Å². The Morgan fingerprint density at radius 3 is 2.51 bits per heavy atom. The number of ether oxygens (including phenoxy) is 1. The van der Waals surface area contributed by atoms with Crippen LogP contribution in [-0.4, -0.2) is 46.9 Å². The Morgan fingerprint density at radius 2 is 1.86 bits per heavy atom. The number of nitrogens with one attached hydrogen (secondary N) is 2. The lowest BCUT2D eigenvalue weighted by Crippen LogP contribution is -2.49. The molecule has 180 valence electrons. The van der Waals surface area contributed by atoms with Crippen LogP contribution in [0.2, 0.25) is 0 Å². The summed E-state index contributed by atoms with van der Waals surface area (Å²) in [5.74, 6) is -4.10. The van der Waals surface area contributed by atoms with Gasteiger partial charge < -0.3 is 15.4 Å². The van der Waals surface area contributed by atoms with Crippen molar-refractivity contribution in [3.63, 3.8) is 0 Å². The first-order valence-corrected chi connectivity index (χ1v) is 11.1. The van der Waals surface area contributed by atoms with E-state index in [1.165, 1.54) is 12.5 Å². The van der Waals surface area contributed by atoms with Crippen molar-refractivity contribution < 1.29 is 32.7 Å². The monoisotopic (exact) mass is 500 g/mol. The smallest absolute Gasteiger partial charge is 0.357 e. The molecule has 4 amide bonds. The first-order valence-electron chi connectivity index (χ1n) is 10.2. The Morgan fingerprint density at radius 1 is 1.17 bits per heavy atom. The van der Waals surface area contributed by atoms with Crippen molar-refractivity contribution in [1.29, 1.82) is 0 Å². The van der Waals surface area contributed by atoms with Gasteiger partial charge in [0.25, 0.3) is 5.91 Å². The van der Waals surface area contributed by atoms with Gasteiger partial charge in [-0.25, -0.2) is 28.3 Å². The Kier molecular flexibility index (Phi) is 6.82. The zero-order valence-electron chi connectivity index (χ0n) is 18.2. The van der Waals surface area contributed by atoms with E-state index in [4.69, 9.17) is 0 Å². The molecule has 0 spiro atoms. The molecule has 2 aromatic carbocycles. The number of urea groups is 1. The highest BCUT2D eigenvalue weighted by atomic mass is 32.1. The molecule has 0 saturated carbocycles. The zero-order chi connectivity index (χ0) is 25.1. The second kappa shape index (κ2) is 9.97. The summed E-state index contributed by atoms with van der Waals surface area (Å²) >= 11 is 0.959. The fourth-order valence-corrected chi connectivity index (χ4v) is 4.30. The van der Waals surface area contributed by atoms with E-state index in [-0.39, 0.29) is 22.8 Å². The summed E-state index contributed by atoms with van der Waals surface area (Å²) in [7, 11) is 1.19. The van der Waals surface area contributed by atoms with Gasteiger partial charge in [0.15, 0.2) is 10.8 Å². The van der Waals surface area contributed by atoms with E-state index < -0.39 is 47.5 Å². The van der Waals surface area contributed by atoms with Gasteiger partial charge in [-0.05, 0) is 23.3 Å². The topological polar surface area (TPSA) is 118 Å². The lowest BCUT2D eigenvalue weighted by Gasteiger charge is -2.24. The summed E-state index contributed by atoms with van der Waals surface area (Å²) in [6, 6.07) is 7.61. The predicted molar refractivity (Wildman–Crippen MR) is 120 cm³/mol. The van der Waals surface area contributed by atoms with Crippen LogP contribution >= 0.6 is 11.3 Å². The Balaban J connectivity index is 1.63. The third-order valence-corrected chi connectivity index (χ3v) is 5.96. The Bertz CT molecular complexity index is 1280. The largest absolute Gasteiger partial charge is 0.464 e. The number of amides is 4. The number of methoxy groups -OCH3 is 1. The highest BCUT2D eigenvalue weighted by molar-refractivity contribution is 7.14. The molecule has 0 bridgehead atoms. The van der Waals surface area contributed by atoms with Crippen LogP contribution in [0.1, 0.15) is 27.7 Å². The average Bonchev–Trinajstić information content (AvgIpc) is 3.41. The maximum atomic E-state index is 13.7. The molecule has 4 rings (SSSR count). The quantitative estimate of drug-likeness (QED) is 0.380. The lowest BCUT2D eigenvalue weighted by atomic mass is 10.0. The second-order valence-electron chi connectivity index (χ2n) is 7.52. The fourth-order valence-electron chi connectivity index (χ4n) is 3.61. The maximum absolute atomic E-state index is 13.7. The number of nitrogens with zero attached hydrogens (tertiary/aromatic N) is 2. The van der Waals surface area contributed by atoms with Crippen molar-refractivity contribution in [2.75, 3.05) is 12.4 Å². The number of esters is 1. The molecule has 3 aromatic rings. The van der Waals surface area contributed by atoms with Crippen molar-refractivity contribution >= 4 is 40.3 Å². The molecule has 1 unspecified atom stereocenters. The minimum Gasteiger partial charge on any atom is -0.464 e. The van der Waals surface area contributed by atoms with Crippen LogP contribution in [0.25, 0.3) is 0 Å². The molecule has 2 N–H and O–H groups in total. The second-order valence-corrected chi connectivity index (χ2v) is 8.38. The number of thiazole rings is 1. The van der Waals surface area contributed by atoms with Crippen LogP contribution in [0.15, 0.2) is 53.9 Å². The van der Waals surface area contributed by atoms with E-state index in [2.05, 4.69) is 20.4 Å². The third-order valence-electron chi connectivity index (χ3n) is 5.20. The van der Waals surface area contributed by atoms with Crippen molar-refractivity contribution in [3.05, 3.63) is 82.4 Å². The number of hydrogen-bond acceptors (Lipinski definition) is 7. The third kappa shape index (κ3) is 5.17. The summed E-state index contributed by atoms with van der Waals surface area (Å²) in [4.78, 5) is 55.6. The van der Waals surface area contributed by atoms with Gasteiger partial charge in [0, 0.05) is 17.9 Å². The summed E-state index contributed by atoms with van der Waals surface area (Å²) in [5.41, 5.74) is 0.545. The van der Waals surface area contributed by atoms with Crippen molar-refractivity contribution in [1.82, 2.24) is 15.2 Å². The highest BCUT2D eigenvalue weighted by Gasteiger charge is 2.45. The molecule has 1 aliphatic rings. The average molecular weight is 500 g/mol. The van der Waals surface area contributed by atoms with E-state index in [0.29, 0.717) is 11.6 Å². The molecule has 9 nitrogen and oxygen atoms in total. The molecule has 35 heavy (non-hydrogen) atoms. The Hall–Kier alpha value is -4.19. The number of anilines is 1. The summed E-state index contributed by atoms with van der Waals surface area (Å²) in [5, 5.41) is 6.35.